The third-order valence-corrected chi connectivity index (χ3v) is 19.5. The highest BCUT2D eigenvalue weighted by Gasteiger charge is 2.51. The zero-order valence-electron chi connectivity index (χ0n) is 47.2. The van der Waals surface area contributed by atoms with Crippen LogP contribution in [0.15, 0.2) is 310 Å². The summed E-state index contributed by atoms with van der Waals surface area (Å²) in [4.78, 5) is 10.4. The largest absolute Gasteiger partial charge is 0.309 e. The highest BCUT2D eigenvalue weighted by Crippen LogP contribution is 2.63. The molecule has 3 nitrogen and oxygen atoms in total. The number of rotatable bonds is 8. The van der Waals surface area contributed by atoms with Crippen molar-refractivity contribution >= 4 is 53.4 Å². The molecule has 0 unspecified atom stereocenters. The highest BCUT2D eigenvalue weighted by atomic mass is 32.1. The van der Waals surface area contributed by atoms with Crippen LogP contribution in [0.2, 0.25) is 0 Å². The van der Waals surface area contributed by atoms with Gasteiger partial charge in [-0.1, -0.05) is 231 Å². The molecule has 0 fully saturated rings. The van der Waals surface area contributed by atoms with Gasteiger partial charge in [0.25, 0.3) is 0 Å². The van der Waals surface area contributed by atoms with Crippen molar-refractivity contribution in [2.45, 2.75) is 5.41 Å². The van der Waals surface area contributed by atoms with Crippen molar-refractivity contribution < 1.29 is 0 Å². The van der Waals surface area contributed by atoms with E-state index in [-0.39, 0.29) is 0 Å². The molecule has 0 N–H and O–H groups in total. The van der Waals surface area contributed by atoms with Crippen LogP contribution in [0.3, 0.4) is 0 Å². The Kier molecular flexibility index (Phi) is 11.1. The molecule has 1 spiro atoms. The monoisotopic (exact) mass is 1120 g/mol. The molecule has 87 heavy (non-hydrogen) atoms. The maximum absolute atomic E-state index is 5.39. The van der Waals surface area contributed by atoms with Gasteiger partial charge in [-0.2, -0.15) is 0 Å². The summed E-state index contributed by atoms with van der Waals surface area (Å²) in [5, 5.41) is 3.57. The van der Waals surface area contributed by atoms with Gasteiger partial charge in [-0.3, -0.25) is 0 Å². The molecule has 0 aliphatic heterocycles. The summed E-state index contributed by atoms with van der Waals surface area (Å²) in [7, 11) is 0. The minimum absolute atomic E-state index is 0.454. The van der Waals surface area contributed by atoms with Crippen LogP contribution in [0.5, 0.6) is 0 Å². The molecule has 0 bridgehead atoms. The van der Waals surface area contributed by atoms with Crippen LogP contribution in [-0.4, -0.2) is 14.5 Å². The fourth-order valence-corrected chi connectivity index (χ4v) is 15.6. The second kappa shape index (κ2) is 19.5. The quantitative estimate of drug-likeness (QED) is 0.152. The van der Waals surface area contributed by atoms with E-state index in [4.69, 9.17) is 9.97 Å². The molecule has 404 valence electrons. The van der Waals surface area contributed by atoms with Crippen molar-refractivity contribution in [3.63, 3.8) is 0 Å². The Bertz CT molecular complexity index is 5340. The van der Waals surface area contributed by atoms with Gasteiger partial charge in [0.05, 0.1) is 26.7 Å². The van der Waals surface area contributed by atoms with Gasteiger partial charge in [-0.15, -0.1) is 11.3 Å². The molecular formula is C83H51N3S. The molecule has 13 aromatic carbocycles. The fraction of sp³-hybridized carbons (Fsp3) is 0.0120. The molecule has 2 aliphatic rings. The lowest BCUT2D eigenvalue weighted by molar-refractivity contribution is 0.792. The van der Waals surface area contributed by atoms with Crippen LogP contribution in [0.25, 0.3) is 148 Å². The maximum atomic E-state index is 5.39. The molecule has 4 heteroatoms. The highest BCUT2D eigenvalue weighted by molar-refractivity contribution is 7.25. The first-order valence-corrected chi connectivity index (χ1v) is 30.7. The summed E-state index contributed by atoms with van der Waals surface area (Å²) < 4.78 is 4.77. The molecule has 0 atom stereocenters. The first-order chi connectivity index (χ1) is 43.1. The first-order valence-electron chi connectivity index (χ1n) is 29.8. The van der Waals surface area contributed by atoms with Gasteiger partial charge < -0.3 is 4.57 Å². The molecular weight excluding hydrogens is 1070 g/mol. The summed E-state index contributed by atoms with van der Waals surface area (Å²) in [5.74, 6) is 0.709. The predicted molar refractivity (Wildman–Crippen MR) is 364 cm³/mol. The number of hydrogen-bond acceptors (Lipinski definition) is 3. The van der Waals surface area contributed by atoms with Crippen LogP contribution >= 0.6 is 11.3 Å². The van der Waals surface area contributed by atoms with Gasteiger partial charge >= 0.3 is 0 Å². The van der Waals surface area contributed by atoms with Gasteiger partial charge in [0.1, 0.15) is 0 Å². The smallest absolute Gasteiger partial charge is 0.159 e. The first kappa shape index (κ1) is 49.4. The molecule has 16 aromatic rings. The third-order valence-electron chi connectivity index (χ3n) is 18.5. The number of aromatic nitrogens is 3. The molecule has 0 saturated heterocycles. The topological polar surface area (TPSA) is 30.7 Å². The summed E-state index contributed by atoms with van der Waals surface area (Å²) >= 11 is 1.75. The number of thiophene rings is 1. The van der Waals surface area contributed by atoms with Crippen molar-refractivity contribution in [1.29, 1.82) is 0 Å². The zero-order valence-corrected chi connectivity index (χ0v) is 48.0. The number of benzene rings is 13. The van der Waals surface area contributed by atoms with Crippen LogP contribution in [0.1, 0.15) is 22.3 Å². The number of nitrogens with zero attached hydrogens (tertiary/aromatic N) is 3. The lowest BCUT2D eigenvalue weighted by Crippen LogP contribution is -2.26. The average molecular weight is 1120 g/mol. The second-order valence-corrected chi connectivity index (χ2v) is 24.2. The minimum Gasteiger partial charge on any atom is -0.309 e. The molecule has 18 rings (SSSR count). The summed E-state index contributed by atoms with van der Waals surface area (Å²) in [6.07, 6.45) is 2.01. The second-order valence-electron chi connectivity index (χ2n) is 23.2. The van der Waals surface area contributed by atoms with Gasteiger partial charge in [0.15, 0.2) is 5.82 Å². The van der Waals surface area contributed by atoms with Gasteiger partial charge in [0, 0.05) is 38.3 Å². The molecule has 2 aliphatic carbocycles. The summed E-state index contributed by atoms with van der Waals surface area (Å²) in [6, 6.07) is 112. The number of fused-ring (bicyclic) bond motifs is 16. The minimum atomic E-state index is -0.454. The SMILES string of the molecule is c1ccc(-c2cc(-c3ccccc3)cc(-c3cccc(-c4ncc5sc6ccc(-c7cccc(-c8cccc9c8c8cc(-c%10ccccc%10)ccc8n9-c8ccc9c(c8)C8(c%10ccccc%10-c%10ccccc%108)c8ccccc8-9)c7)cc6c5n4)c3)c2)cc1. The maximum Gasteiger partial charge on any atom is 0.159 e. The zero-order chi connectivity index (χ0) is 57.2. The Hall–Kier alpha value is -11.0. The van der Waals surface area contributed by atoms with Crippen LogP contribution < -0.4 is 0 Å². The summed E-state index contributed by atoms with van der Waals surface area (Å²) in [6.45, 7) is 0. The predicted octanol–water partition coefficient (Wildman–Crippen LogP) is 22.0. The van der Waals surface area contributed by atoms with E-state index in [1.165, 1.54) is 110 Å². The van der Waals surface area contributed by atoms with E-state index in [0.29, 0.717) is 5.82 Å². The summed E-state index contributed by atoms with van der Waals surface area (Å²) in [5.41, 5.74) is 29.5. The van der Waals surface area contributed by atoms with E-state index in [1.54, 1.807) is 11.3 Å². The standard InChI is InChI=1S/C83H51N3S/c1-4-19-52(20-5-1)57-37-41-76-70(48-57)80-65(32-18-36-77(80)86(76)64-39-40-69-68-31-12-15-35-74(68)83(75(69)50-64)72-33-13-10-29-66(72)67-30-11-14-34-73(67)83)59-27-16-25-55(43-59)58-38-42-78-71(49-58)81-79(87-78)51-84-82(85-81)60-28-17-26-56(44-60)63-46-61(53-21-6-2-7-22-53)45-62(47-63)54-23-8-3-9-24-54/h1-51H. The Balaban J connectivity index is 0.755. The lowest BCUT2D eigenvalue weighted by atomic mass is 9.70. The molecule has 3 heterocycles. The molecule has 0 radical (unpaired) electrons. The van der Waals surface area contributed by atoms with Crippen LogP contribution in [0, 0.1) is 0 Å². The van der Waals surface area contributed by atoms with Crippen molar-refractivity contribution in [1.82, 2.24) is 14.5 Å². The normalized spacial score (nSPS) is 12.7. The Labute approximate surface area is 508 Å². The van der Waals surface area contributed by atoms with Crippen LogP contribution in [0.4, 0.5) is 0 Å². The van der Waals surface area contributed by atoms with Gasteiger partial charge in [-0.05, 0) is 184 Å². The van der Waals surface area contributed by atoms with E-state index in [9.17, 15) is 0 Å². The molecule has 0 amide bonds. The third kappa shape index (κ3) is 7.68. The van der Waals surface area contributed by atoms with E-state index in [2.05, 4.69) is 308 Å². The lowest BCUT2D eigenvalue weighted by Gasteiger charge is -2.30. The fourth-order valence-electron chi connectivity index (χ4n) is 14.6. The van der Waals surface area contributed by atoms with Crippen molar-refractivity contribution in [2.24, 2.45) is 0 Å². The Morgan fingerprint density at radius 1 is 0.287 bits per heavy atom. The van der Waals surface area contributed by atoms with E-state index in [0.717, 1.165) is 54.7 Å². The molecule has 3 aromatic heterocycles. The van der Waals surface area contributed by atoms with Gasteiger partial charge in [-0.25, -0.2) is 9.97 Å². The van der Waals surface area contributed by atoms with Crippen molar-refractivity contribution in [3.05, 3.63) is 332 Å². The van der Waals surface area contributed by atoms with E-state index in [1.807, 2.05) is 6.20 Å². The van der Waals surface area contributed by atoms with Gasteiger partial charge in [0.2, 0.25) is 0 Å². The Morgan fingerprint density at radius 2 is 0.747 bits per heavy atom. The number of hydrogen-bond donors (Lipinski definition) is 0. The Morgan fingerprint density at radius 3 is 1.40 bits per heavy atom. The van der Waals surface area contributed by atoms with Crippen LogP contribution in [-0.2, 0) is 5.41 Å². The van der Waals surface area contributed by atoms with E-state index < -0.39 is 5.41 Å². The van der Waals surface area contributed by atoms with Crippen molar-refractivity contribution in [2.75, 3.05) is 0 Å². The van der Waals surface area contributed by atoms with E-state index >= 15 is 0 Å². The van der Waals surface area contributed by atoms with Crippen molar-refractivity contribution in [3.8, 4) is 106 Å². The average Bonchev–Trinajstić information content (AvgIpc) is 1.52. The molecule has 0 saturated carbocycles.